The van der Waals surface area contributed by atoms with E-state index in [1.807, 2.05) is 0 Å². The van der Waals surface area contributed by atoms with Gasteiger partial charge in [-0.15, -0.1) is 0 Å². The molecule has 2 rings (SSSR count). The molecule has 0 radical (unpaired) electrons. The zero-order chi connectivity index (χ0) is 9.80. The minimum atomic E-state index is 0.729. The van der Waals surface area contributed by atoms with Crippen molar-refractivity contribution >= 4 is 17.0 Å². The minimum Gasteiger partial charge on any atom is -0.382 e. The predicted molar refractivity (Wildman–Crippen MR) is 64.0 cm³/mol. The van der Waals surface area contributed by atoms with Crippen molar-refractivity contribution in [1.29, 1.82) is 0 Å². The van der Waals surface area contributed by atoms with Gasteiger partial charge in [0, 0.05) is 17.1 Å². The molecule has 14 heavy (non-hydrogen) atoms. The summed E-state index contributed by atoms with van der Waals surface area (Å²) in [6, 6.07) is 2.91. The van der Waals surface area contributed by atoms with Gasteiger partial charge < -0.3 is 5.32 Å². The summed E-state index contributed by atoms with van der Waals surface area (Å²) in [5, 5.41) is 7.96. The molecule has 0 spiro atoms. The van der Waals surface area contributed by atoms with Crippen molar-refractivity contribution in [3.8, 4) is 0 Å². The maximum absolute atomic E-state index is 3.62. The molecule has 1 heterocycles. The Morgan fingerprint density at radius 1 is 1.36 bits per heavy atom. The van der Waals surface area contributed by atoms with Gasteiger partial charge in [-0.25, -0.2) is 0 Å². The fraction of sp³-hybridized carbons (Fsp3) is 0.667. The molecule has 0 atom stereocenters. The van der Waals surface area contributed by atoms with Gasteiger partial charge in [0.2, 0.25) is 0 Å². The molecule has 0 aliphatic heterocycles. The zero-order valence-corrected chi connectivity index (χ0v) is 9.65. The highest BCUT2D eigenvalue weighted by Crippen LogP contribution is 2.28. The van der Waals surface area contributed by atoms with E-state index in [0.717, 1.165) is 12.0 Å². The van der Waals surface area contributed by atoms with Gasteiger partial charge in [-0.05, 0) is 43.0 Å². The van der Waals surface area contributed by atoms with Crippen LogP contribution in [-0.2, 0) is 0 Å². The van der Waals surface area contributed by atoms with E-state index >= 15 is 0 Å². The zero-order valence-electron chi connectivity index (χ0n) is 8.83. The maximum atomic E-state index is 3.62. The summed E-state index contributed by atoms with van der Waals surface area (Å²) >= 11 is 1.77. The van der Waals surface area contributed by atoms with E-state index in [-0.39, 0.29) is 0 Å². The van der Waals surface area contributed by atoms with Crippen LogP contribution < -0.4 is 5.32 Å². The van der Waals surface area contributed by atoms with Gasteiger partial charge >= 0.3 is 0 Å². The minimum absolute atomic E-state index is 0.729. The second-order valence-electron chi connectivity index (χ2n) is 4.28. The van der Waals surface area contributed by atoms with Crippen molar-refractivity contribution in [3.63, 3.8) is 0 Å². The van der Waals surface area contributed by atoms with Crippen LogP contribution in [0.15, 0.2) is 16.8 Å². The molecule has 2 heteroatoms. The summed E-state index contributed by atoms with van der Waals surface area (Å²) in [6.07, 6.45) is 6.91. The second-order valence-corrected chi connectivity index (χ2v) is 5.06. The monoisotopic (exact) mass is 209 g/mol. The second kappa shape index (κ2) is 4.83. The van der Waals surface area contributed by atoms with Gasteiger partial charge in [0.25, 0.3) is 0 Å². The molecule has 1 fully saturated rings. The average molecular weight is 209 g/mol. The van der Waals surface area contributed by atoms with E-state index in [0.29, 0.717) is 0 Å². The topological polar surface area (TPSA) is 12.0 Å². The predicted octanol–water partition coefficient (Wildman–Crippen LogP) is 4.13. The molecule has 1 nitrogen and oxygen atoms in total. The van der Waals surface area contributed by atoms with E-state index in [9.17, 15) is 0 Å². The van der Waals surface area contributed by atoms with Crippen LogP contribution in [0.4, 0.5) is 5.69 Å². The summed E-state index contributed by atoms with van der Waals surface area (Å²) in [6.45, 7) is 2.32. The van der Waals surface area contributed by atoms with Crippen molar-refractivity contribution in [3.05, 3.63) is 16.8 Å². The van der Waals surface area contributed by atoms with Crippen LogP contribution in [-0.4, -0.2) is 6.04 Å². The number of hydrogen-bond donors (Lipinski definition) is 1. The summed E-state index contributed by atoms with van der Waals surface area (Å²) in [7, 11) is 0. The number of anilines is 1. The molecule has 78 valence electrons. The summed E-state index contributed by atoms with van der Waals surface area (Å²) < 4.78 is 0. The van der Waals surface area contributed by atoms with Crippen LogP contribution in [0.1, 0.15) is 39.0 Å². The van der Waals surface area contributed by atoms with Crippen molar-refractivity contribution in [1.82, 2.24) is 0 Å². The fourth-order valence-corrected chi connectivity index (χ4v) is 2.89. The molecule has 0 saturated heterocycles. The Labute approximate surface area is 90.5 Å². The normalized spacial score (nSPS) is 27.5. The first kappa shape index (κ1) is 10.0. The van der Waals surface area contributed by atoms with Crippen LogP contribution >= 0.6 is 11.3 Å². The molecule has 0 unspecified atom stereocenters. The lowest BCUT2D eigenvalue weighted by molar-refractivity contribution is 0.330. The molecule has 1 aromatic rings. The Morgan fingerprint density at radius 3 is 2.71 bits per heavy atom. The van der Waals surface area contributed by atoms with E-state index < -0.39 is 0 Å². The van der Waals surface area contributed by atoms with Gasteiger partial charge in [-0.2, -0.15) is 11.3 Å². The molecule has 0 bridgehead atoms. The third kappa shape index (κ3) is 2.50. The van der Waals surface area contributed by atoms with Gasteiger partial charge in [0.05, 0.1) is 0 Å². The number of hydrogen-bond acceptors (Lipinski definition) is 2. The first-order valence-electron chi connectivity index (χ1n) is 5.67. The Balaban J connectivity index is 1.79. The summed E-state index contributed by atoms with van der Waals surface area (Å²) in [5.41, 5.74) is 1.31. The first-order valence-corrected chi connectivity index (χ1v) is 6.61. The van der Waals surface area contributed by atoms with Gasteiger partial charge in [0.15, 0.2) is 0 Å². The lowest BCUT2D eigenvalue weighted by atomic mass is 9.84. The standard InChI is InChI=1S/C12H19NS/c1-2-10-3-5-11(6-4-10)13-12-7-8-14-9-12/h7-11,13H,2-6H2,1H3. The number of thiophene rings is 1. The Morgan fingerprint density at radius 2 is 2.14 bits per heavy atom. The molecule has 1 saturated carbocycles. The molecule has 1 aliphatic carbocycles. The van der Waals surface area contributed by atoms with Crippen molar-refractivity contribution < 1.29 is 0 Å². The Hall–Kier alpha value is -0.500. The highest BCUT2D eigenvalue weighted by molar-refractivity contribution is 7.08. The molecule has 1 aromatic heterocycles. The Kier molecular flexibility index (Phi) is 3.46. The van der Waals surface area contributed by atoms with Crippen molar-refractivity contribution in [2.45, 2.75) is 45.1 Å². The lowest BCUT2D eigenvalue weighted by Gasteiger charge is -2.28. The van der Waals surface area contributed by atoms with Crippen LogP contribution in [0.25, 0.3) is 0 Å². The average Bonchev–Trinajstić information content (AvgIpc) is 2.72. The number of rotatable bonds is 3. The van der Waals surface area contributed by atoms with Crippen LogP contribution in [0.3, 0.4) is 0 Å². The third-order valence-electron chi connectivity index (χ3n) is 3.32. The quantitative estimate of drug-likeness (QED) is 0.789. The van der Waals surface area contributed by atoms with Crippen molar-refractivity contribution in [2.24, 2.45) is 5.92 Å². The highest BCUT2D eigenvalue weighted by Gasteiger charge is 2.19. The van der Waals surface area contributed by atoms with E-state index in [4.69, 9.17) is 0 Å². The van der Waals surface area contributed by atoms with E-state index in [2.05, 4.69) is 29.1 Å². The molecular formula is C12H19NS. The van der Waals surface area contributed by atoms with Crippen LogP contribution in [0.2, 0.25) is 0 Å². The van der Waals surface area contributed by atoms with Gasteiger partial charge in [0.1, 0.15) is 0 Å². The molecule has 1 aliphatic rings. The highest BCUT2D eigenvalue weighted by atomic mass is 32.1. The third-order valence-corrected chi connectivity index (χ3v) is 4.00. The molecule has 0 aromatic carbocycles. The van der Waals surface area contributed by atoms with E-state index in [1.165, 1.54) is 37.8 Å². The van der Waals surface area contributed by atoms with Crippen molar-refractivity contribution in [2.75, 3.05) is 5.32 Å². The van der Waals surface area contributed by atoms with Crippen LogP contribution in [0, 0.1) is 5.92 Å². The lowest BCUT2D eigenvalue weighted by Crippen LogP contribution is -2.25. The largest absolute Gasteiger partial charge is 0.382 e. The van der Waals surface area contributed by atoms with E-state index in [1.54, 1.807) is 11.3 Å². The fourth-order valence-electron chi connectivity index (χ4n) is 2.30. The Bertz CT molecular complexity index is 247. The first-order chi connectivity index (χ1) is 6.88. The molecular weight excluding hydrogens is 190 g/mol. The smallest absolute Gasteiger partial charge is 0.0450 e. The summed E-state index contributed by atoms with van der Waals surface area (Å²) in [4.78, 5) is 0. The number of nitrogens with one attached hydrogen (secondary N) is 1. The van der Waals surface area contributed by atoms with Crippen LogP contribution in [0.5, 0.6) is 0 Å². The maximum Gasteiger partial charge on any atom is 0.0450 e. The summed E-state index contributed by atoms with van der Waals surface area (Å²) in [5.74, 6) is 0.996. The molecule has 1 N–H and O–H groups in total. The SMILES string of the molecule is CCC1CCC(Nc2ccsc2)CC1. The molecule has 0 amide bonds. The van der Waals surface area contributed by atoms with Gasteiger partial charge in [-0.3, -0.25) is 0 Å². The van der Waals surface area contributed by atoms with Gasteiger partial charge in [-0.1, -0.05) is 13.3 Å².